The zero-order chi connectivity index (χ0) is 13.2. The fourth-order valence-corrected chi connectivity index (χ4v) is 2.99. The van der Waals surface area contributed by atoms with E-state index < -0.39 is 5.54 Å². The van der Waals surface area contributed by atoms with Crippen molar-refractivity contribution < 1.29 is 4.79 Å². The number of hydrogen-bond acceptors (Lipinski definition) is 3. The first-order valence-electron chi connectivity index (χ1n) is 4.98. The second-order valence-corrected chi connectivity index (χ2v) is 7.38. The van der Waals surface area contributed by atoms with Crippen LogP contribution in [0, 0.1) is 17.2 Å². The van der Waals surface area contributed by atoms with E-state index >= 15 is 0 Å². The zero-order valence-corrected chi connectivity index (χ0v) is 13.7. The van der Waals surface area contributed by atoms with Gasteiger partial charge in [-0.3, -0.25) is 4.79 Å². The maximum atomic E-state index is 12.0. The van der Waals surface area contributed by atoms with Crippen LogP contribution >= 0.6 is 43.2 Å². The Kier molecular flexibility index (Phi) is 4.76. The molecule has 92 valence electrons. The van der Waals surface area contributed by atoms with Crippen molar-refractivity contribution in [2.24, 2.45) is 5.92 Å². The van der Waals surface area contributed by atoms with Crippen molar-refractivity contribution >= 4 is 49.1 Å². The van der Waals surface area contributed by atoms with Gasteiger partial charge < -0.3 is 5.32 Å². The summed E-state index contributed by atoms with van der Waals surface area (Å²) in [5, 5.41) is 11.9. The van der Waals surface area contributed by atoms with Gasteiger partial charge in [0, 0.05) is 4.47 Å². The van der Waals surface area contributed by atoms with Crippen LogP contribution in [-0.2, 0) is 0 Å². The third-order valence-corrected chi connectivity index (χ3v) is 5.88. The summed E-state index contributed by atoms with van der Waals surface area (Å²) in [6, 6.07) is 3.89. The number of amides is 1. The number of hydrogen-bond donors (Lipinski definition) is 1. The van der Waals surface area contributed by atoms with Crippen LogP contribution in [0.3, 0.4) is 0 Å². The smallest absolute Gasteiger partial charge is 0.262 e. The molecule has 0 saturated heterocycles. The standard InChI is InChI=1S/C11H12Br2N2OS/c1-6(2)11(3,5-14)15-10(16)8-4-7(12)9(13)17-8/h4,6H,1-3H3,(H,15,16). The molecule has 1 amide bonds. The van der Waals surface area contributed by atoms with E-state index in [1.54, 1.807) is 13.0 Å². The number of thiophene rings is 1. The average Bonchev–Trinajstić information content (AvgIpc) is 2.59. The highest BCUT2D eigenvalue weighted by Gasteiger charge is 2.30. The Morgan fingerprint density at radius 3 is 2.53 bits per heavy atom. The number of carbonyl (C=O) groups excluding carboxylic acids is 1. The second kappa shape index (κ2) is 5.51. The lowest BCUT2D eigenvalue weighted by Gasteiger charge is -2.26. The first-order valence-corrected chi connectivity index (χ1v) is 7.39. The molecule has 1 N–H and O–H groups in total. The van der Waals surface area contributed by atoms with E-state index in [9.17, 15) is 4.79 Å². The van der Waals surface area contributed by atoms with Gasteiger partial charge >= 0.3 is 0 Å². The van der Waals surface area contributed by atoms with Gasteiger partial charge in [0.15, 0.2) is 0 Å². The van der Waals surface area contributed by atoms with Crippen LogP contribution in [0.1, 0.15) is 30.4 Å². The molecule has 17 heavy (non-hydrogen) atoms. The third-order valence-electron chi connectivity index (χ3n) is 2.63. The van der Waals surface area contributed by atoms with Crippen molar-refractivity contribution in [3.63, 3.8) is 0 Å². The Labute approximate surface area is 121 Å². The summed E-state index contributed by atoms with van der Waals surface area (Å²) >= 11 is 8.00. The fraction of sp³-hybridized carbons (Fsp3) is 0.455. The molecule has 1 atom stereocenters. The molecule has 3 nitrogen and oxygen atoms in total. The Morgan fingerprint density at radius 2 is 2.18 bits per heavy atom. The predicted octanol–water partition coefficient (Wildman–Crippen LogP) is 3.94. The molecular weight excluding hydrogens is 368 g/mol. The number of rotatable bonds is 3. The normalized spacial score (nSPS) is 14.2. The topological polar surface area (TPSA) is 52.9 Å². The molecular formula is C11H12Br2N2OS. The summed E-state index contributed by atoms with van der Waals surface area (Å²) in [4.78, 5) is 12.6. The minimum atomic E-state index is -0.847. The van der Waals surface area contributed by atoms with E-state index in [1.165, 1.54) is 11.3 Å². The van der Waals surface area contributed by atoms with E-state index in [0.29, 0.717) is 4.88 Å². The molecule has 0 bridgehead atoms. The van der Waals surface area contributed by atoms with E-state index in [-0.39, 0.29) is 11.8 Å². The van der Waals surface area contributed by atoms with Crippen molar-refractivity contribution in [2.45, 2.75) is 26.3 Å². The van der Waals surface area contributed by atoms with Crippen molar-refractivity contribution in [1.82, 2.24) is 5.32 Å². The van der Waals surface area contributed by atoms with Gasteiger partial charge in [-0.15, -0.1) is 11.3 Å². The third kappa shape index (κ3) is 3.30. The molecule has 0 spiro atoms. The minimum Gasteiger partial charge on any atom is -0.333 e. The predicted molar refractivity (Wildman–Crippen MR) is 76.0 cm³/mol. The van der Waals surface area contributed by atoms with Crippen molar-refractivity contribution in [3.05, 3.63) is 19.2 Å². The van der Waals surface area contributed by atoms with Crippen LogP contribution in [0.15, 0.2) is 14.3 Å². The maximum Gasteiger partial charge on any atom is 0.262 e. The summed E-state index contributed by atoms with van der Waals surface area (Å²) < 4.78 is 1.71. The van der Waals surface area contributed by atoms with Crippen LogP contribution in [-0.4, -0.2) is 11.4 Å². The molecule has 6 heteroatoms. The van der Waals surface area contributed by atoms with E-state index in [4.69, 9.17) is 5.26 Å². The molecule has 0 aliphatic heterocycles. The molecule has 1 aromatic rings. The lowest BCUT2D eigenvalue weighted by Crippen LogP contribution is -2.48. The van der Waals surface area contributed by atoms with Crippen LogP contribution in [0.5, 0.6) is 0 Å². The second-order valence-electron chi connectivity index (χ2n) is 4.16. The minimum absolute atomic E-state index is 0.0447. The number of nitrogens with zero attached hydrogens (tertiary/aromatic N) is 1. The summed E-state index contributed by atoms with van der Waals surface area (Å²) in [6.45, 7) is 5.54. The highest BCUT2D eigenvalue weighted by molar-refractivity contribution is 9.13. The average molecular weight is 380 g/mol. The molecule has 0 aliphatic carbocycles. The quantitative estimate of drug-likeness (QED) is 0.864. The van der Waals surface area contributed by atoms with Crippen molar-refractivity contribution in [3.8, 4) is 6.07 Å². The van der Waals surface area contributed by atoms with Crippen LogP contribution in [0.25, 0.3) is 0 Å². The lowest BCUT2D eigenvalue weighted by atomic mass is 9.90. The Morgan fingerprint density at radius 1 is 1.59 bits per heavy atom. The highest BCUT2D eigenvalue weighted by Crippen LogP contribution is 2.32. The van der Waals surface area contributed by atoms with Gasteiger partial charge in [-0.1, -0.05) is 13.8 Å². The van der Waals surface area contributed by atoms with E-state index in [0.717, 1.165) is 8.26 Å². The van der Waals surface area contributed by atoms with Gasteiger partial charge in [-0.2, -0.15) is 5.26 Å². The molecule has 1 unspecified atom stereocenters. The lowest BCUT2D eigenvalue weighted by molar-refractivity contribution is 0.0912. The number of carbonyl (C=O) groups is 1. The summed E-state index contributed by atoms with van der Waals surface area (Å²) in [7, 11) is 0. The molecule has 1 aromatic heterocycles. The van der Waals surface area contributed by atoms with Crippen LogP contribution < -0.4 is 5.32 Å². The van der Waals surface area contributed by atoms with Crippen molar-refractivity contribution in [1.29, 1.82) is 5.26 Å². The molecule has 1 heterocycles. The van der Waals surface area contributed by atoms with E-state index in [2.05, 4.69) is 43.2 Å². The Balaban J connectivity index is 2.90. The molecule has 1 rings (SSSR count). The first-order chi connectivity index (χ1) is 7.80. The fourth-order valence-electron chi connectivity index (χ4n) is 1.06. The SMILES string of the molecule is CC(C)C(C)(C#N)NC(=O)c1cc(Br)c(Br)s1. The maximum absolute atomic E-state index is 12.0. The molecule has 0 saturated carbocycles. The van der Waals surface area contributed by atoms with Gasteiger partial charge in [0.25, 0.3) is 5.91 Å². The zero-order valence-electron chi connectivity index (χ0n) is 9.67. The number of nitrogens with one attached hydrogen (secondary N) is 1. The monoisotopic (exact) mass is 378 g/mol. The Bertz CT molecular complexity index is 459. The first kappa shape index (κ1) is 14.7. The van der Waals surface area contributed by atoms with Crippen LogP contribution in [0.4, 0.5) is 0 Å². The van der Waals surface area contributed by atoms with Gasteiger partial charge in [0.1, 0.15) is 5.54 Å². The van der Waals surface area contributed by atoms with Crippen molar-refractivity contribution in [2.75, 3.05) is 0 Å². The molecule has 0 radical (unpaired) electrons. The highest BCUT2D eigenvalue weighted by atomic mass is 79.9. The number of nitriles is 1. The Hall–Kier alpha value is -0.380. The van der Waals surface area contributed by atoms with Gasteiger partial charge in [0.05, 0.1) is 14.7 Å². The van der Waals surface area contributed by atoms with E-state index in [1.807, 2.05) is 13.8 Å². The summed E-state index contributed by atoms with van der Waals surface area (Å²) in [5.74, 6) is -0.178. The van der Waals surface area contributed by atoms with Crippen LogP contribution in [0.2, 0.25) is 0 Å². The largest absolute Gasteiger partial charge is 0.333 e. The number of halogens is 2. The van der Waals surface area contributed by atoms with Gasteiger partial charge in [-0.25, -0.2) is 0 Å². The van der Waals surface area contributed by atoms with Gasteiger partial charge in [0.2, 0.25) is 0 Å². The van der Waals surface area contributed by atoms with Gasteiger partial charge in [-0.05, 0) is 50.8 Å². The molecule has 0 aliphatic rings. The molecule has 0 aromatic carbocycles. The summed E-state index contributed by atoms with van der Waals surface area (Å²) in [6.07, 6.45) is 0. The molecule has 0 fully saturated rings. The summed E-state index contributed by atoms with van der Waals surface area (Å²) in [5.41, 5.74) is -0.847.